The van der Waals surface area contributed by atoms with Crippen LogP contribution in [0.25, 0.3) is 11.1 Å². The lowest BCUT2D eigenvalue weighted by molar-refractivity contribution is 0.165. The highest BCUT2D eigenvalue weighted by Crippen LogP contribution is 2.46. The average Bonchev–Trinajstić information content (AvgIpc) is 3.48. The molecule has 3 nitrogen and oxygen atoms in total. The van der Waals surface area contributed by atoms with Gasteiger partial charge in [0.2, 0.25) is 0 Å². The van der Waals surface area contributed by atoms with Crippen LogP contribution in [0.5, 0.6) is 0 Å². The van der Waals surface area contributed by atoms with Gasteiger partial charge in [0.05, 0.1) is 5.56 Å². The Bertz CT molecular complexity index is 883. The van der Waals surface area contributed by atoms with E-state index in [0.29, 0.717) is 5.92 Å². The number of rotatable bonds is 4. The van der Waals surface area contributed by atoms with Gasteiger partial charge >= 0.3 is 0 Å². The van der Waals surface area contributed by atoms with Crippen molar-refractivity contribution in [2.75, 3.05) is 13.1 Å². The van der Waals surface area contributed by atoms with Crippen molar-refractivity contribution in [1.29, 1.82) is 5.26 Å². The molecule has 4 rings (SSSR count). The number of piperidine rings is 1. The first kappa shape index (κ1) is 18.2. The highest BCUT2D eigenvalue weighted by atomic mass is 19.1. The van der Waals surface area contributed by atoms with Gasteiger partial charge in [0.15, 0.2) is 0 Å². The summed E-state index contributed by atoms with van der Waals surface area (Å²) in [6.07, 6.45) is 4.44. The van der Waals surface area contributed by atoms with E-state index >= 15 is 0 Å². The topological polar surface area (TPSA) is 53.0 Å². The van der Waals surface area contributed by atoms with E-state index in [0.717, 1.165) is 43.6 Å². The van der Waals surface area contributed by atoms with E-state index in [4.69, 9.17) is 11.0 Å². The van der Waals surface area contributed by atoms with Gasteiger partial charge in [0.1, 0.15) is 11.9 Å². The van der Waals surface area contributed by atoms with Gasteiger partial charge in [0.25, 0.3) is 0 Å². The van der Waals surface area contributed by atoms with Crippen LogP contribution in [0.2, 0.25) is 0 Å². The van der Waals surface area contributed by atoms with Crippen LogP contribution in [0.15, 0.2) is 36.4 Å². The van der Waals surface area contributed by atoms with Crippen molar-refractivity contribution in [2.45, 2.75) is 50.6 Å². The molecule has 2 aliphatic rings. The molecule has 2 aromatic carbocycles. The predicted molar refractivity (Wildman–Crippen MR) is 106 cm³/mol. The summed E-state index contributed by atoms with van der Waals surface area (Å²) in [5, 5.41) is 8.99. The maximum atomic E-state index is 14.2. The summed E-state index contributed by atoms with van der Waals surface area (Å²) in [6.45, 7) is 5.11. The predicted octanol–water partition coefficient (Wildman–Crippen LogP) is 4.55. The van der Waals surface area contributed by atoms with Crippen molar-refractivity contribution in [3.05, 3.63) is 58.9 Å². The van der Waals surface area contributed by atoms with Crippen LogP contribution in [0, 0.1) is 17.1 Å². The zero-order valence-corrected chi connectivity index (χ0v) is 15.8. The molecule has 0 amide bonds. The summed E-state index contributed by atoms with van der Waals surface area (Å²) >= 11 is 0. The van der Waals surface area contributed by atoms with E-state index in [1.54, 1.807) is 6.07 Å². The first-order chi connectivity index (χ1) is 13.0. The molecule has 0 radical (unpaired) electrons. The number of nitriles is 1. The van der Waals surface area contributed by atoms with Crippen LogP contribution in [-0.2, 0) is 6.54 Å². The quantitative estimate of drug-likeness (QED) is 0.867. The van der Waals surface area contributed by atoms with Gasteiger partial charge in [0, 0.05) is 25.2 Å². The first-order valence-electron chi connectivity index (χ1n) is 9.80. The smallest absolute Gasteiger partial charge is 0.141 e. The highest BCUT2D eigenvalue weighted by Gasteiger charge is 2.31. The Hall–Kier alpha value is -2.22. The fourth-order valence-corrected chi connectivity index (χ4v) is 4.09. The third kappa shape index (κ3) is 3.90. The molecule has 1 aliphatic carbocycles. The molecule has 4 heteroatoms. The molecule has 27 heavy (non-hydrogen) atoms. The molecule has 2 N–H and O–H groups in total. The molecular weight excluding hydrogens is 337 g/mol. The van der Waals surface area contributed by atoms with E-state index in [1.165, 1.54) is 30.0 Å². The third-order valence-corrected chi connectivity index (χ3v) is 5.97. The third-order valence-electron chi connectivity index (χ3n) is 5.97. The Balaban J connectivity index is 1.65. The normalized spacial score (nSPS) is 19.6. The van der Waals surface area contributed by atoms with E-state index in [9.17, 15) is 4.39 Å². The van der Waals surface area contributed by atoms with E-state index in [-0.39, 0.29) is 11.1 Å². The Labute approximate surface area is 160 Å². The monoisotopic (exact) mass is 363 g/mol. The van der Waals surface area contributed by atoms with Crippen molar-refractivity contribution in [2.24, 2.45) is 5.73 Å². The van der Waals surface area contributed by atoms with Crippen LogP contribution in [0.1, 0.15) is 55.2 Å². The molecular formula is C23H26FN3. The van der Waals surface area contributed by atoms with Gasteiger partial charge in [-0.05, 0) is 72.9 Å². The molecule has 1 saturated carbocycles. The van der Waals surface area contributed by atoms with E-state index in [1.807, 2.05) is 12.1 Å². The summed E-state index contributed by atoms with van der Waals surface area (Å²) in [5.41, 5.74) is 11.0. The molecule has 1 aliphatic heterocycles. The fraction of sp³-hybridized carbons (Fsp3) is 0.435. The number of likely N-dealkylation sites (tertiary alicyclic amines) is 1. The number of hydrogen-bond acceptors (Lipinski definition) is 3. The second-order valence-electron chi connectivity index (χ2n) is 8.39. The summed E-state index contributed by atoms with van der Waals surface area (Å²) in [6, 6.07) is 13.2. The highest BCUT2D eigenvalue weighted by molar-refractivity contribution is 5.71. The average molecular weight is 363 g/mol. The Morgan fingerprint density at radius 3 is 2.59 bits per heavy atom. The lowest BCUT2D eigenvalue weighted by Crippen LogP contribution is -2.47. The number of benzene rings is 2. The maximum Gasteiger partial charge on any atom is 0.141 e. The van der Waals surface area contributed by atoms with Crippen molar-refractivity contribution in [3.8, 4) is 17.2 Å². The van der Waals surface area contributed by atoms with Crippen molar-refractivity contribution >= 4 is 0 Å². The van der Waals surface area contributed by atoms with Gasteiger partial charge < -0.3 is 5.73 Å². The fourth-order valence-electron chi connectivity index (χ4n) is 4.09. The van der Waals surface area contributed by atoms with Gasteiger partial charge in [-0.2, -0.15) is 5.26 Å². The Kier molecular flexibility index (Phi) is 4.75. The van der Waals surface area contributed by atoms with Crippen molar-refractivity contribution < 1.29 is 4.39 Å². The molecule has 1 saturated heterocycles. The van der Waals surface area contributed by atoms with Crippen molar-refractivity contribution in [3.63, 3.8) is 0 Å². The van der Waals surface area contributed by atoms with Crippen molar-refractivity contribution in [1.82, 2.24) is 4.90 Å². The molecule has 0 bridgehead atoms. The van der Waals surface area contributed by atoms with Gasteiger partial charge in [-0.15, -0.1) is 0 Å². The Morgan fingerprint density at radius 1 is 1.22 bits per heavy atom. The molecule has 0 unspecified atom stereocenters. The minimum atomic E-state index is -0.444. The minimum Gasteiger partial charge on any atom is -0.325 e. The summed E-state index contributed by atoms with van der Waals surface area (Å²) < 4.78 is 14.2. The van der Waals surface area contributed by atoms with Crippen LogP contribution < -0.4 is 5.73 Å². The minimum absolute atomic E-state index is 0.0440. The lowest BCUT2D eigenvalue weighted by atomic mass is 9.89. The van der Waals surface area contributed by atoms with Crippen LogP contribution in [0.3, 0.4) is 0 Å². The number of nitrogens with zero attached hydrogens (tertiary/aromatic N) is 2. The zero-order valence-electron chi connectivity index (χ0n) is 15.8. The summed E-state index contributed by atoms with van der Waals surface area (Å²) in [5.74, 6) is 0.125. The van der Waals surface area contributed by atoms with Crippen LogP contribution >= 0.6 is 0 Å². The molecule has 2 fully saturated rings. The molecule has 2 aromatic rings. The molecule has 1 heterocycles. The van der Waals surface area contributed by atoms with Gasteiger partial charge in [-0.3, -0.25) is 4.90 Å². The molecule has 0 spiro atoms. The van der Waals surface area contributed by atoms with Crippen LogP contribution in [0.4, 0.5) is 4.39 Å². The first-order valence-corrected chi connectivity index (χ1v) is 9.80. The number of halogens is 1. The van der Waals surface area contributed by atoms with Gasteiger partial charge in [-0.25, -0.2) is 4.39 Å². The number of hydrogen-bond donors (Lipinski definition) is 1. The largest absolute Gasteiger partial charge is 0.325 e. The van der Waals surface area contributed by atoms with Gasteiger partial charge in [-0.1, -0.05) is 24.3 Å². The summed E-state index contributed by atoms with van der Waals surface area (Å²) in [7, 11) is 0. The Morgan fingerprint density at radius 2 is 1.96 bits per heavy atom. The maximum absolute atomic E-state index is 14.2. The van der Waals surface area contributed by atoms with E-state index in [2.05, 4.69) is 30.0 Å². The second-order valence-corrected chi connectivity index (χ2v) is 8.39. The second kappa shape index (κ2) is 7.07. The molecule has 140 valence electrons. The summed E-state index contributed by atoms with van der Waals surface area (Å²) in [4.78, 5) is 2.49. The van der Waals surface area contributed by atoms with E-state index < -0.39 is 5.82 Å². The number of nitrogens with two attached hydrogens (primary N) is 1. The zero-order chi connectivity index (χ0) is 19.0. The lowest BCUT2D eigenvalue weighted by Gasteiger charge is -2.37. The van der Waals surface area contributed by atoms with Crippen LogP contribution in [-0.4, -0.2) is 23.5 Å². The molecule has 0 atom stereocenters. The molecule has 0 aromatic heterocycles. The standard InChI is InChI=1S/C23H26FN3/c1-23(26)9-11-27(12-10-23)15-19-3-2-4-20(22(19)16-5-6-16)17-7-8-18(14-25)21(24)13-17/h2-4,7-8,13,16H,5-6,9-12,15,26H2,1H3. The SMILES string of the molecule is CC1(N)CCN(Cc2cccc(-c3ccc(C#N)c(F)c3)c2C2CC2)CC1.